The van der Waals surface area contributed by atoms with Crippen molar-refractivity contribution in [1.29, 1.82) is 0 Å². The van der Waals surface area contributed by atoms with Crippen LogP contribution >= 0.6 is 0 Å². The van der Waals surface area contributed by atoms with E-state index in [-0.39, 0.29) is 0 Å². The lowest BCUT2D eigenvalue weighted by atomic mass is 9.93. The topological polar surface area (TPSA) is 65.0 Å². The average molecular weight is 718 g/mol. The summed E-state index contributed by atoms with van der Waals surface area (Å²) in [4.78, 5) is 15.5. The molecule has 0 aliphatic heterocycles. The third-order valence-corrected chi connectivity index (χ3v) is 10.5. The van der Waals surface area contributed by atoms with Gasteiger partial charge < -0.3 is 8.83 Å². The molecule has 0 fully saturated rings. The molecule has 5 nitrogen and oxygen atoms in total. The maximum atomic E-state index is 7.10. The van der Waals surface area contributed by atoms with Gasteiger partial charge >= 0.3 is 0 Å². The maximum absolute atomic E-state index is 7.10. The molecule has 0 saturated carbocycles. The molecule has 56 heavy (non-hydrogen) atoms. The van der Waals surface area contributed by atoms with Crippen LogP contribution in [0.5, 0.6) is 0 Å². The van der Waals surface area contributed by atoms with E-state index in [4.69, 9.17) is 23.8 Å². The van der Waals surface area contributed by atoms with E-state index in [0.717, 1.165) is 93.9 Å². The van der Waals surface area contributed by atoms with Crippen molar-refractivity contribution in [3.8, 4) is 67.5 Å². The van der Waals surface area contributed by atoms with Crippen molar-refractivity contribution >= 4 is 43.9 Å². The summed E-state index contributed by atoms with van der Waals surface area (Å²) in [5.41, 5.74) is 12.2. The summed E-state index contributed by atoms with van der Waals surface area (Å²) in [5, 5.41) is 4.06. The van der Waals surface area contributed by atoms with Gasteiger partial charge in [-0.15, -0.1) is 0 Å². The highest BCUT2D eigenvalue weighted by Crippen LogP contribution is 2.46. The summed E-state index contributed by atoms with van der Waals surface area (Å²) < 4.78 is 13.4. The van der Waals surface area contributed by atoms with Gasteiger partial charge in [0, 0.05) is 49.4 Å². The summed E-state index contributed by atoms with van der Waals surface area (Å²) in [6, 6.07) is 64.5. The van der Waals surface area contributed by atoms with Gasteiger partial charge in [-0.1, -0.05) is 146 Å². The Kier molecular flexibility index (Phi) is 7.42. The Hall–Kier alpha value is -7.63. The Morgan fingerprint density at radius 2 is 0.839 bits per heavy atom. The highest BCUT2D eigenvalue weighted by atomic mass is 16.3. The first kappa shape index (κ1) is 31.9. The highest BCUT2D eigenvalue weighted by Gasteiger charge is 2.23. The molecule has 0 bridgehead atoms. The van der Waals surface area contributed by atoms with Crippen LogP contribution in [0.3, 0.4) is 0 Å². The molecular formula is C51H31N3O2. The monoisotopic (exact) mass is 717 g/mol. The quantitative estimate of drug-likeness (QED) is 0.171. The maximum Gasteiger partial charge on any atom is 0.164 e. The molecule has 11 rings (SSSR count). The molecule has 0 spiro atoms. The zero-order valence-electron chi connectivity index (χ0n) is 30.1. The van der Waals surface area contributed by atoms with E-state index >= 15 is 0 Å². The van der Waals surface area contributed by atoms with Gasteiger partial charge in [-0.3, -0.25) is 0 Å². The van der Waals surface area contributed by atoms with Gasteiger partial charge in [-0.05, 0) is 64.7 Å². The van der Waals surface area contributed by atoms with E-state index in [1.807, 2.05) is 72.8 Å². The van der Waals surface area contributed by atoms with Crippen molar-refractivity contribution in [3.63, 3.8) is 0 Å². The second-order valence-electron chi connectivity index (χ2n) is 13.9. The molecule has 0 aliphatic carbocycles. The van der Waals surface area contributed by atoms with Crippen LogP contribution in [-0.4, -0.2) is 15.0 Å². The van der Waals surface area contributed by atoms with Crippen LogP contribution in [0.1, 0.15) is 0 Å². The number of benzene rings is 8. The predicted octanol–water partition coefficient (Wildman–Crippen LogP) is 13.7. The zero-order valence-corrected chi connectivity index (χ0v) is 30.1. The van der Waals surface area contributed by atoms with Gasteiger partial charge in [0.05, 0.1) is 0 Å². The lowest BCUT2D eigenvalue weighted by Gasteiger charge is -2.11. The van der Waals surface area contributed by atoms with E-state index in [9.17, 15) is 0 Å². The van der Waals surface area contributed by atoms with Gasteiger partial charge in [0.25, 0.3) is 0 Å². The molecule has 262 valence electrons. The molecule has 3 heterocycles. The van der Waals surface area contributed by atoms with Crippen LogP contribution in [0.15, 0.2) is 197 Å². The van der Waals surface area contributed by atoms with Crippen molar-refractivity contribution in [1.82, 2.24) is 15.0 Å². The first-order valence-electron chi connectivity index (χ1n) is 18.7. The number of para-hydroxylation sites is 1. The Balaban J connectivity index is 1.22. The summed E-state index contributed by atoms with van der Waals surface area (Å²) in [6.07, 6.45) is 0. The largest absolute Gasteiger partial charge is 0.456 e. The third kappa shape index (κ3) is 5.37. The third-order valence-electron chi connectivity index (χ3n) is 10.5. The van der Waals surface area contributed by atoms with Crippen LogP contribution in [0.4, 0.5) is 0 Å². The van der Waals surface area contributed by atoms with Crippen LogP contribution in [0, 0.1) is 0 Å². The van der Waals surface area contributed by atoms with E-state index < -0.39 is 0 Å². The van der Waals surface area contributed by atoms with E-state index in [2.05, 4.69) is 115 Å². The molecule has 0 atom stereocenters. The number of aromatic nitrogens is 3. The SMILES string of the molecule is c1ccc(-c2cc(-c3ccccc3)c3oc4c(-c5ccccc5)ccc(-c5nc(-c6ccccc6)nc(-c6ccc7c(c6)oc6ccccc67)n5)c4c3c2)cc1. The van der Waals surface area contributed by atoms with Gasteiger partial charge in [0.15, 0.2) is 17.5 Å². The molecule has 0 N–H and O–H groups in total. The Morgan fingerprint density at radius 1 is 0.286 bits per heavy atom. The number of rotatable bonds is 6. The number of nitrogens with zero attached hydrogens (tertiary/aromatic N) is 3. The molecule has 5 heteroatoms. The van der Waals surface area contributed by atoms with Crippen molar-refractivity contribution in [2.45, 2.75) is 0 Å². The van der Waals surface area contributed by atoms with Crippen molar-refractivity contribution in [2.24, 2.45) is 0 Å². The second kappa shape index (κ2) is 13.0. The number of furan rings is 2. The lowest BCUT2D eigenvalue weighted by Crippen LogP contribution is -2.00. The summed E-state index contributed by atoms with van der Waals surface area (Å²) in [7, 11) is 0. The zero-order chi connectivity index (χ0) is 37.0. The van der Waals surface area contributed by atoms with E-state index in [1.54, 1.807) is 0 Å². The summed E-state index contributed by atoms with van der Waals surface area (Å²) in [6.45, 7) is 0. The Bertz CT molecular complexity index is 3230. The van der Waals surface area contributed by atoms with Crippen LogP contribution in [0.25, 0.3) is 111 Å². The number of hydrogen-bond donors (Lipinski definition) is 0. The Morgan fingerprint density at radius 3 is 1.55 bits per heavy atom. The minimum atomic E-state index is 0.553. The van der Waals surface area contributed by atoms with Crippen LogP contribution in [0.2, 0.25) is 0 Å². The predicted molar refractivity (Wildman–Crippen MR) is 227 cm³/mol. The minimum Gasteiger partial charge on any atom is -0.456 e. The van der Waals surface area contributed by atoms with Crippen LogP contribution < -0.4 is 0 Å². The molecule has 0 radical (unpaired) electrons. The van der Waals surface area contributed by atoms with Gasteiger partial charge in [0.1, 0.15) is 22.3 Å². The molecule has 3 aromatic heterocycles. The van der Waals surface area contributed by atoms with Crippen molar-refractivity contribution < 1.29 is 8.83 Å². The van der Waals surface area contributed by atoms with Crippen LogP contribution in [-0.2, 0) is 0 Å². The second-order valence-corrected chi connectivity index (χ2v) is 13.9. The number of fused-ring (bicyclic) bond motifs is 6. The molecule has 0 amide bonds. The molecule has 11 aromatic rings. The number of hydrogen-bond acceptors (Lipinski definition) is 5. The lowest BCUT2D eigenvalue weighted by molar-refractivity contribution is 0.669. The van der Waals surface area contributed by atoms with E-state index in [1.165, 1.54) is 0 Å². The summed E-state index contributed by atoms with van der Waals surface area (Å²) >= 11 is 0. The molecule has 0 unspecified atom stereocenters. The van der Waals surface area contributed by atoms with Crippen molar-refractivity contribution in [2.75, 3.05) is 0 Å². The average Bonchev–Trinajstić information content (AvgIpc) is 3.85. The Labute approximate surface area is 322 Å². The molecular weight excluding hydrogens is 687 g/mol. The fourth-order valence-electron chi connectivity index (χ4n) is 7.85. The highest BCUT2D eigenvalue weighted by molar-refractivity contribution is 6.19. The normalized spacial score (nSPS) is 11.6. The van der Waals surface area contributed by atoms with Gasteiger partial charge in [-0.25, -0.2) is 15.0 Å². The van der Waals surface area contributed by atoms with Crippen molar-refractivity contribution in [3.05, 3.63) is 188 Å². The fraction of sp³-hybridized carbons (Fsp3) is 0. The standard InChI is InChI=1S/C51H31N3O2/c1-5-15-32(16-6-1)37-29-42(34-19-9-3-10-20-34)47-43(30-37)46-41(28-27-38(48(46)56-47)33-17-7-2-8-18-33)51-53-49(35-21-11-4-12-22-35)52-50(54-51)36-25-26-40-39-23-13-14-24-44(39)55-45(40)31-36/h1-31H. The molecule has 0 aliphatic rings. The van der Waals surface area contributed by atoms with E-state index in [0.29, 0.717) is 17.5 Å². The van der Waals surface area contributed by atoms with Gasteiger partial charge in [0.2, 0.25) is 0 Å². The first-order chi connectivity index (χ1) is 27.7. The smallest absolute Gasteiger partial charge is 0.164 e. The minimum absolute atomic E-state index is 0.553. The molecule has 0 saturated heterocycles. The first-order valence-corrected chi connectivity index (χ1v) is 18.7. The molecule has 8 aromatic carbocycles. The fourth-order valence-corrected chi connectivity index (χ4v) is 7.85. The van der Waals surface area contributed by atoms with Gasteiger partial charge in [-0.2, -0.15) is 0 Å². The summed E-state index contributed by atoms with van der Waals surface area (Å²) in [5.74, 6) is 1.69.